The molecule has 156 valence electrons. The van der Waals surface area contributed by atoms with Gasteiger partial charge in [0, 0.05) is 4.88 Å². The number of carbonyl (C=O) groups is 2. The first-order chi connectivity index (χ1) is 13.8. The van der Waals surface area contributed by atoms with Crippen molar-refractivity contribution < 1.29 is 19.1 Å². The summed E-state index contributed by atoms with van der Waals surface area (Å²) in [5.74, 6) is 0.620. The number of benzene rings is 1. The van der Waals surface area contributed by atoms with Gasteiger partial charge >= 0.3 is 5.97 Å². The Balaban J connectivity index is 1.81. The van der Waals surface area contributed by atoms with Gasteiger partial charge in [0.25, 0.3) is 5.91 Å². The number of ether oxygens (including phenoxy) is 2. The number of rotatable bonds is 6. The highest BCUT2D eigenvalue weighted by molar-refractivity contribution is 7.17. The summed E-state index contributed by atoms with van der Waals surface area (Å²) in [6.45, 7) is 10.00. The Morgan fingerprint density at radius 3 is 2.76 bits per heavy atom. The second kappa shape index (κ2) is 8.99. The molecular weight excluding hydrogens is 386 g/mol. The minimum absolute atomic E-state index is 0.276. The van der Waals surface area contributed by atoms with Gasteiger partial charge in [-0.05, 0) is 70.1 Å². The van der Waals surface area contributed by atoms with E-state index in [0.29, 0.717) is 28.8 Å². The number of anilines is 1. The quantitative estimate of drug-likeness (QED) is 0.669. The third-order valence-electron chi connectivity index (χ3n) is 5.23. The Kier molecular flexibility index (Phi) is 6.63. The second-order valence-corrected chi connectivity index (χ2v) is 8.90. The number of carbonyl (C=O) groups excluding carboxylic acids is 2. The molecule has 1 heterocycles. The summed E-state index contributed by atoms with van der Waals surface area (Å²) in [7, 11) is 0. The third-order valence-corrected chi connectivity index (χ3v) is 6.40. The molecule has 1 N–H and O–H groups in total. The van der Waals surface area contributed by atoms with Gasteiger partial charge < -0.3 is 14.8 Å². The number of nitrogens with one attached hydrogen (secondary N) is 1. The van der Waals surface area contributed by atoms with Gasteiger partial charge in [0.15, 0.2) is 6.10 Å². The van der Waals surface area contributed by atoms with Crippen LogP contribution in [0.1, 0.15) is 59.1 Å². The van der Waals surface area contributed by atoms with Crippen molar-refractivity contribution in [3.8, 4) is 5.75 Å². The van der Waals surface area contributed by atoms with Crippen LogP contribution in [0.4, 0.5) is 5.00 Å². The van der Waals surface area contributed by atoms with E-state index in [1.807, 2.05) is 32.0 Å². The molecule has 0 saturated heterocycles. The zero-order valence-corrected chi connectivity index (χ0v) is 18.6. The summed E-state index contributed by atoms with van der Waals surface area (Å²) >= 11 is 1.49. The maximum absolute atomic E-state index is 12.8. The maximum Gasteiger partial charge on any atom is 0.341 e. The number of thiophene rings is 1. The Labute approximate surface area is 176 Å². The van der Waals surface area contributed by atoms with Crippen LogP contribution in [0.2, 0.25) is 0 Å². The third kappa shape index (κ3) is 4.81. The zero-order chi connectivity index (χ0) is 21.1. The van der Waals surface area contributed by atoms with Crippen molar-refractivity contribution >= 4 is 28.2 Å². The molecular formula is C23H29NO4S. The average Bonchev–Trinajstić information content (AvgIpc) is 3.00. The summed E-state index contributed by atoms with van der Waals surface area (Å²) in [6, 6.07) is 5.86. The molecule has 3 rings (SSSR count). The van der Waals surface area contributed by atoms with Gasteiger partial charge in [0.1, 0.15) is 10.8 Å². The largest absolute Gasteiger partial charge is 0.481 e. The molecule has 0 saturated carbocycles. The molecule has 0 aliphatic heterocycles. The predicted molar refractivity (Wildman–Crippen MR) is 116 cm³/mol. The molecule has 1 aliphatic carbocycles. The highest BCUT2D eigenvalue weighted by atomic mass is 32.1. The lowest BCUT2D eigenvalue weighted by molar-refractivity contribution is -0.122. The molecule has 0 unspecified atom stereocenters. The van der Waals surface area contributed by atoms with Crippen LogP contribution in [0.25, 0.3) is 0 Å². The monoisotopic (exact) mass is 415 g/mol. The average molecular weight is 416 g/mol. The van der Waals surface area contributed by atoms with Crippen LogP contribution in [0.15, 0.2) is 18.2 Å². The van der Waals surface area contributed by atoms with E-state index >= 15 is 0 Å². The van der Waals surface area contributed by atoms with Gasteiger partial charge in [-0.2, -0.15) is 0 Å². The second-order valence-electron chi connectivity index (χ2n) is 7.79. The predicted octanol–water partition coefficient (Wildman–Crippen LogP) is 5.07. The fourth-order valence-electron chi connectivity index (χ4n) is 3.65. The molecule has 29 heavy (non-hydrogen) atoms. The molecule has 0 radical (unpaired) electrons. The van der Waals surface area contributed by atoms with Crippen molar-refractivity contribution in [2.45, 2.75) is 60.0 Å². The van der Waals surface area contributed by atoms with Gasteiger partial charge in [-0.1, -0.05) is 24.6 Å². The van der Waals surface area contributed by atoms with Crippen LogP contribution in [0.5, 0.6) is 5.75 Å². The molecule has 0 fully saturated rings. The summed E-state index contributed by atoms with van der Waals surface area (Å²) in [5.41, 5.74) is 3.68. The number of hydrogen-bond acceptors (Lipinski definition) is 5. The number of aryl methyl sites for hydroxylation is 2. The highest BCUT2D eigenvalue weighted by Gasteiger charge is 2.30. The first-order valence-electron chi connectivity index (χ1n) is 10.2. The lowest BCUT2D eigenvalue weighted by Gasteiger charge is -2.18. The van der Waals surface area contributed by atoms with E-state index < -0.39 is 6.10 Å². The number of hydrogen-bond donors (Lipinski definition) is 1. The smallest absolute Gasteiger partial charge is 0.341 e. The van der Waals surface area contributed by atoms with Crippen LogP contribution in [-0.2, 0) is 22.4 Å². The minimum Gasteiger partial charge on any atom is -0.481 e. The molecule has 2 aromatic rings. The van der Waals surface area contributed by atoms with Crippen molar-refractivity contribution in [3.05, 3.63) is 45.3 Å². The molecule has 6 heteroatoms. The Bertz CT molecular complexity index is 918. The normalized spacial score (nSPS) is 16.7. The Hall–Kier alpha value is -2.34. The van der Waals surface area contributed by atoms with Gasteiger partial charge in [0.05, 0.1) is 12.2 Å². The molecule has 1 aliphatic rings. The van der Waals surface area contributed by atoms with Gasteiger partial charge in [-0.25, -0.2) is 4.79 Å². The minimum atomic E-state index is -0.690. The van der Waals surface area contributed by atoms with Gasteiger partial charge in [0.2, 0.25) is 0 Å². The van der Waals surface area contributed by atoms with Gasteiger partial charge in [-0.3, -0.25) is 4.79 Å². The molecule has 0 spiro atoms. The first kappa shape index (κ1) is 21.4. The summed E-state index contributed by atoms with van der Waals surface area (Å²) < 4.78 is 11.1. The molecule has 1 amide bonds. The van der Waals surface area contributed by atoms with Crippen molar-refractivity contribution in [2.24, 2.45) is 5.92 Å². The molecule has 5 nitrogen and oxygen atoms in total. The van der Waals surface area contributed by atoms with E-state index in [1.54, 1.807) is 13.8 Å². The first-order valence-corrected chi connectivity index (χ1v) is 11.0. The van der Waals surface area contributed by atoms with E-state index in [-0.39, 0.29) is 11.9 Å². The van der Waals surface area contributed by atoms with Gasteiger partial charge in [-0.15, -0.1) is 11.3 Å². The van der Waals surface area contributed by atoms with Crippen LogP contribution in [-0.4, -0.2) is 24.6 Å². The molecule has 2 atom stereocenters. The molecule has 1 aromatic carbocycles. The summed E-state index contributed by atoms with van der Waals surface area (Å²) in [4.78, 5) is 26.6. The van der Waals surface area contributed by atoms with E-state index in [0.717, 1.165) is 36.0 Å². The van der Waals surface area contributed by atoms with Crippen molar-refractivity contribution in [1.82, 2.24) is 0 Å². The van der Waals surface area contributed by atoms with E-state index in [9.17, 15) is 9.59 Å². The van der Waals surface area contributed by atoms with E-state index in [2.05, 4.69) is 12.2 Å². The maximum atomic E-state index is 12.8. The highest BCUT2D eigenvalue weighted by Crippen LogP contribution is 2.40. The SMILES string of the molecule is CCOC(=O)c1c(NC(=O)[C@@H](C)Oc2ccc(C)cc2C)sc2c1CC[C@@H](C)C2. The topological polar surface area (TPSA) is 64.6 Å². The standard InChI is InChI=1S/C23H29NO4S/c1-6-27-23(26)20-17-9-7-14(3)12-19(17)29-22(20)24-21(25)16(5)28-18-10-8-13(2)11-15(18)4/h8,10-11,14,16H,6-7,9,12H2,1-5H3,(H,24,25)/t14-,16-/m1/s1. The van der Waals surface area contributed by atoms with E-state index in [1.165, 1.54) is 16.2 Å². The van der Waals surface area contributed by atoms with Crippen LogP contribution >= 0.6 is 11.3 Å². The van der Waals surface area contributed by atoms with E-state index in [4.69, 9.17) is 9.47 Å². The number of fused-ring (bicyclic) bond motifs is 1. The van der Waals surface area contributed by atoms with Crippen molar-refractivity contribution in [3.63, 3.8) is 0 Å². The van der Waals surface area contributed by atoms with Crippen molar-refractivity contribution in [2.75, 3.05) is 11.9 Å². The zero-order valence-electron chi connectivity index (χ0n) is 17.8. The molecule has 1 aromatic heterocycles. The Morgan fingerprint density at radius 2 is 2.07 bits per heavy atom. The molecule has 0 bridgehead atoms. The van der Waals surface area contributed by atoms with Crippen molar-refractivity contribution in [1.29, 1.82) is 0 Å². The van der Waals surface area contributed by atoms with Crippen LogP contribution < -0.4 is 10.1 Å². The lowest BCUT2D eigenvalue weighted by Crippen LogP contribution is -2.30. The number of amides is 1. The lowest BCUT2D eigenvalue weighted by atomic mass is 9.88. The fraction of sp³-hybridized carbons (Fsp3) is 0.478. The fourth-order valence-corrected chi connectivity index (χ4v) is 5.05. The summed E-state index contributed by atoms with van der Waals surface area (Å²) in [6.07, 6.45) is 2.11. The summed E-state index contributed by atoms with van der Waals surface area (Å²) in [5, 5.41) is 3.50. The van der Waals surface area contributed by atoms with Crippen LogP contribution in [0, 0.1) is 19.8 Å². The van der Waals surface area contributed by atoms with Crippen LogP contribution in [0.3, 0.4) is 0 Å². The number of esters is 1. The Morgan fingerprint density at radius 1 is 1.31 bits per heavy atom.